The van der Waals surface area contributed by atoms with Gasteiger partial charge in [0.25, 0.3) is 5.56 Å². The molecule has 0 saturated carbocycles. The maximum Gasteiger partial charge on any atom is 0.264 e. The highest BCUT2D eigenvalue weighted by atomic mass is 16.5. The summed E-state index contributed by atoms with van der Waals surface area (Å²) in [7, 11) is 3.34. The third kappa shape index (κ3) is 4.17. The number of anilines is 2. The molecular weight excluding hydrogens is 398 g/mol. The van der Waals surface area contributed by atoms with Crippen molar-refractivity contribution in [2.24, 2.45) is 7.05 Å². The Balaban J connectivity index is 1.63. The van der Waals surface area contributed by atoms with E-state index >= 15 is 0 Å². The van der Waals surface area contributed by atoms with Crippen molar-refractivity contribution in [1.29, 1.82) is 0 Å². The first-order chi connectivity index (χ1) is 14.9. The highest BCUT2D eigenvalue weighted by Crippen LogP contribution is 2.26. The largest absolute Gasteiger partial charge is 0.456 e. The molecule has 0 atom stereocenters. The molecule has 1 amide bonds. The van der Waals surface area contributed by atoms with Gasteiger partial charge in [0, 0.05) is 44.9 Å². The molecule has 0 saturated heterocycles. The third-order valence-electron chi connectivity index (χ3n) is 4.46. The second kappa shape index (κ2) is 8.19. The van der Waals surface area contributed by atoms with Crippen molar-refractivity contribution in [2.45, 2.75) is 6.92 Å². The zero-order valence-electron chi connectivity index (χ0n) is 17.1. The lowest BCUT2D eigenvalue weighted by atomic mass is 10.2. The van der Waals surface area contributed by atoms with Crippen LogP contribution in [0.3, 0.4) is 0 Å². The molecule has 0 aliphatic rings. The molecule has 0 aliphatic carbocycles. The molecule has 156 valence electrons. The lowest BCUT2D eigenvalue weighted by molar-refractivity contribution is -0.114. The van der Waals surface area contributed by atoms with E-state index in [1.807, 2.05) is 6.07 Å². The van der Waals surface area contributed by atoms with Gasteiger partial charge in [-0.15, -0.1) is 0 Å². The lowest BCUT2D eigenvalue weighted by Crippen LogP contribution is -2.22. The average molecular weight is 417 g/mol. The van der Waals surface area contributed by atoms with Crippen LogP contribution in [-0.2, 0) is 11.8 Å². The Labute approximate surface area is 177 Å². The molecule has 4 rings (SSSR count). The monoisotopic (exact) mass is 417 g/mol. The first-order valence-electron chi connectivity index (χ1n) is 9.37. The number of amides is 1. The molecule has 0 fully saturated rings. The predicted octanol–water partition coefficient (Wildman–Crippen LogP) is 2.58. The van der Waals surface area contributed by atoms with E-state index in [1.54, 1.807) is 38.4 Å². The van der Waals surface area contributed by atoms with Crippen LogP contribution in [-0.4, -0.2) is 37.5 Å². The molecule has 10 nitrogen and oxygen atoms in total. The van der Waals surface area contributed by atoms with Crippen LogP contribution in [0.1, 0.15) is 6.92 Å². The Bertz CT molecular complexity index is 1350. The zero-order valence-corrected chi connectivity index (χ0v) is 17.1. The van der Waals surface area contributed by atoms with Crippen LogP contribution in [0, 0.1) is 0 Å². The number of ether oxygens (including phenoxy) is 1. The van der Waals surface area contributed by atoms with Gasteiger partial charge < -0.3 is 15.4 Å². The fourth-order valence-corrected chi connectivity index (χ4v) is 3.01. The van der Waals surface area contributed by atoms with E-state index in [1.165, 1.54) is 30.1 Å². The van der Waals surface area contributed by atoms with Gasteiger partial charge in [0.2, 0.25) is 11.9 Å². The van der Waals surface area contributed by atoms with Crippen molar-refractivity contribution < 1.29 is 9.53 Å². The Morgan fingerprint density at radius 1 is 1.06 bits per heavy atom. The average Bonchev–Trinajstić information content (AvgIpc) is 2.75. The first-order valence-corrected chi connectivity index (χ1v) is 9.37. The molecule has 0 bridgehead atoms. The van der Waals surface area contributed by atoms with Crippen molar-refractivity contribution in [2.75, 3.05) is 17.7 Å². The van der Waals surface area contributed by atoms with E-state index in [9.17, 15) is 9.59 Å². The van der Waals surface area contributed by atoms with Gasteiger partial charge in [-0.2, -0.15) is 0 Å². The standard InChI is InChI=1S/C21H19N7O3/c1-12(29)26-18-9-14(6-7-23-18)31-15-8-13-4-5-17(27-19(13)24-10-15)16-11-25-21(22-2)28(3)20(16)30/h4-11H,1-3H3,(H,22,25)(H,23,26,29). The van der Waals surface area contributed by atoms with Crippen LogP contribution in [0.15, 0.2) is 53.7 Å². The summed E-state index contributed by atoms with van der Waals surface area (Å²) < 4.78 is 7.26. The highest BCUT2D eigenvalue weighted by molar-refractivity contribution is 5.87. The quantitative estimate of drug-likeness (QED) is 0.508. The summed E-state index contributed by atoms with van der Waals surface area (Å²) in [4.78, 5) is 41.0. The zero-order chi connectivity index (χ0) is 22.0. The summed E-state index contributed by atoms with van der Waals surface area (Å²) in [5.41, 5.74) is 1.13. The molecule has 0 aromatic carbocycles. The summed E-state index contributed by atoms with van der Waals surface area (Å²) in [6.45, 7) is 1.41. The number of aromatic nitrogens is 5. The van der Waals surface area contributed by atoms with Crippen LogP contribution in [0.5, 0.6) is 11.5 Å². The van der Waals surface area contributed by atoms with E-state index in [0.29, 0.717) is 40.2 Å². The maximum absolute atomic E-state index is 12.6. The summed E-state index contributed by atoms with van der Waals surface area (Å²) in [6, 6.07) is 8.64. The maximum atomic E-state index is 12.6. The minimum Gasteiger partial charge on any atom is -0.456 e. The van der Waals surface area contributed by atoms with E-state index in [0.717, 1.165) is 5.39 Å². The fraction of sp³-hybridized carbons (Fsp3) is 0.143. The fourth-order valence-electron chi connectivity index (χ4n) is 3.01. The molecule has 4 aromatic rings. The van der Waals surface area contributed by atoms with Gasteiger partial charge in [-0.05, 0) is 24.3 Å². The Kier molecular flexibility index (Phi) is 5.27. The summed E-state index contributed by atoms with van der Waals surface area (Å²) in [6.07, 6.45) is 4.57. The second-order valence-electron chi connectivity index (χ2n) is 6.68. The summed E-state index contributed by atoms with van der Waals surface area (Å²) in [5, 5.41) is 6.21. The van der Waals surface area contributed by atoms with E-state index in [2.05, 4.69) is 30.6 Å². The van der Waals surface area contributed by atoms with Gasteiger partial charge in [0.1, 0.15) is 17.3 Å². The van der Waals surface area contributed by atoms with E-state index in [-0.39, 0.29) is 11.5 Å². The number of nitrogens with zero attached hydrogens (tertiary/aromatic N) is 5. The molecule has 0 radical (unpaired) electrons. The topological polar surface area (TPSA) is 124 Å². The van der Waals surface area contributed by atoms with E-state index in [4.69, 9.17) is 4.74 Å². The number of hydrogen-bond acceptors (Lipinski definition) is 8. The number of carbonyl (C=O) groups is 1. The molecule has 0 spiro atoms. The first kappa shape index (κ1) is 20.0. The molecule has 4 heterocycles. The molecule has 0 unspecified atom stereocenters. The normalized spacial score (nSPS) is 10.7. The van der Waals surface area contributed by atoms with Crippen LogP contribution < -0.4 is 20.9 Å². The van der Waals surface area contributed by atoms with E-state index < -0.39 is 0 Å². The van der Waals surface area contributed by atoms with Crippen LogP contribution in [0.2, 0.25) is 0 Å². The number of fused-ring (bicyclic) bond motifs is 1. The van der Waals surface area contributed by atoms with Gasteiger partial charge in [-0.1, -0.05) is 0 Å². The van der Waals surface area contributed by atoms with Gasteiger partial charge in [-0.25, -0.2) is 19.9 Å². The highest BCUT2D eigenvalue weighted by Gasteiger charge is 2.11. The van der Waals surface area contributed by atoms with Crippen LogP contribution >= 0.6 is 0 Å². The smallest absolute Gasteiger partial charge is 0.264 e. The molecule has 0 aliphatic heterocycles. The number of pyridine rings is 3. The molecule has 2 N–H and O–H groups in total. The van der Waals surface area contributed by atoms with Crippen LogP contribution in [0.25, 0.3) is 22.3 Å². The molecule has 10 heteroatoms. The summed E-state index contributed by atoms with van der Waals surface area (Å²) in [5.74, 6) is 1.64. The van der Waals surface area contributed by atoms with Gasteiger partial charge in [-0.3, -0.25) is 14.2 Å². The second-order valence-corrected chi connectivity index (χ2v) is 6.68. The van der Waals surface area contributed by atoms with Crippen molar-refractivity contribution in [3.8, 4) is 22.8 Å². The minimum absolute atomic E-state index is 0.209. The molecule has 31 heavy (non-hydrogen) atoms. The molecular formula is C21H19N7O3. The SMILES string of the molecule is CNc1ncc(-c2ccc3cc(Oc4ccnc(NC(C)=O)c4)cnc3n2)c(=O)n1C. The third-order valence-corrected chi connectivity index (χ3v) is 4.46. The minimum atomic E-state index is -0.218. The van der Waals surface area contributed by atoms with Crippen molar-refractivity contribution >= 4 is 28.7 Å². The number of hydrogen-bond donors (Lipinski definition) is 2. The van der Waals surface area contributed by atoms with Gasteiger partial charge in [0.05, 0.1) is 17.5 Å². The van der Waals surface area contributed by atoms with Gasteiger partial charge in [0.15, 0.2) is 5.65 Å². The predicted molar refractivity (Wildman–Crippen MR) is 116 cm³/mol. The van der Waals surface area contributed by atoms with Crippen molar-refractivity contribution in [3.05, 3.63) is 59.3 Å². The number of nitrogens with one attached hydrogen (secondary N) is 2. The number of rotatable bonds is 5. The van der Waals surface area contributed by atoms with Gasteiger partial charge >= 0.3 is 0 Å². The van der Waals surface area contributed by atoms with Crippen molar-refractivity contribution in [1.82, 2.24) is 24.5 Å². The molecule has 4 aromatic heterocycles. The lowest BCUT2D eigenvalue weighted by Gasteiger charge is -2.09. The van der Waals surface area contributed by atoms with Crippen LogP contribution in [0.4, 0.5) is 11.8 Å². The Hall–Kier alpha value is -4.34. The van der Waals surface area contributed by atoms with Crippen molar-refractivity contribution in [3.63, 3.8) is 0 Å². The Morgan fingerprint density at radius 2 is 1.90 bits per heavy atom. The summed E-state index contributed by atoms with van der Waals surface area (Å²) >= 11 is 0. The number of carbonyl (C=O) groups excluding carboxylic acids is 1. The Morgan fingerprint density at radius 3 is 2.68 bits per heavy atom.